The first kappa shape index (κ1) is 10.5. The topological polar surface area (TPSA) is 49.3 Å². The van der Waals surface area contributed by atoms with Crippen molar-refractivity contribution < 1.29 is 9.90 Å². The van der Waals surface area contributed by atoms with Crippen LogP contribution in [0.15, 0.2) is 0 Å². The van der Waals surface area contributed by atoms with E-state index in [1.807, 2.05) is 6.92 Å². The lowest BCUT2D eigenvalue weighted by Crippen LogP contribution is -2.39. The number of rotatable bonds is 4. The number of amides is 1. The average Bonchev–Trinajstić information content (AvgIpc) is 2.66. The molecule has 1 unspecified atom stereocenters. The molecule has 1 aliphatic rings. The Bertz CT molecular complexity index is 160. The summed E-state index contributed by atoms with van der Waals surface area (Å²) in [5.74, 6) is 0.346. The quantitative estimate of drug-likeness (QED) is 0.688. The van der Waals surface area contributed by atoms with Crippen LogP contribution in [0.1, 0.15) is 39.0 Å². The lowest BCUT2D eigenvalue weighted by Gasteiger charge is -2.16. The van der Waals surface area contributed by atoms with Crippen LogP contribution in [0.25, 0.3) is 0 Å². The maximum atomic E-state index is 11.6. The van der Waals surface area contributed by atoms with Gasteiger partial charge in [0.15, 0.2) is 0 Å². The van der Waals surface area contributed by atoms with Crippen LogP contribution in [0.2, 0.25) is 0 Å². The minimum atomic E-state index is -0.0481. The zero-order valence-corrected chi connectivity index (χ0v) is 8.25. The summed E-state index contributed by atoms with van der Waals surface area (Å²) >= 11 is 0. The highest BCUT2D eigenvalue weighted by molar-refractivity contribution is 5.79. The lowest BCUT2D eigenvalue weighted by atomic mass is 10.1. The largest absolute Gasteiger partial charge is 0.394 e. The molecule has 0 aliphatic heterocycles. The van der Waals surface area contributed by atoms with Crippen molar-refractivity contribution >= 4 is 5.91 Å². The third kappa shape index (κ3) is 2.99. The molecule has 1 saturated carbocycles. The highest BCUT2D eigenvalue weighted by Gasteiger charge is 2.23. The summed E-state index contributed by atoms with van der Waals surface area (Å²) in [6.45, 7) is 2.02. The van der Waals surface area contributed by atoms with Gasteiger partial charge in [0.1, 0.15) is 0 Å². The number of aliphatic hydroxyl groups is 1. The first-order chi connectivity index (χ1) is 6.27. The molecule has 0 radical (unpaired) electrons. The Labute approximate surface area is 79.5 Å². The van der Waals surface area contributed by atoms with E-state index in [2.05, 4.69) is 5.32 Å². The van der Waals surface area contributed by atoms with Crippen molar-refractivity contribution in [3.8, 4) is 0 Å². The number of nitrogens with one attached hydrogen (secondary N) is 1. The first-order valence-corrected chi connectivity index (χ1v) is 5.19. The second-order valence-electron chi connectivity index (χ2n) is 3.78. The van der Waals surface area contributed by atoms with E-state index in [1.165, 1.54) is 12.8 Å². The molecular formula is C10H19NO2. The third-order valence-corrected chi connectivity index (χ3v) is 2.79. The maximum Gasteiger partial charge on any atom is 0.223 e. The summed E-state index contributed by atoms with van der Waals surface area (Å²) in [5, 5.41) is 11.8. The predicted octanol–water partition coefficient (Wildman–Crippen LogP) is 1.06. The molecule has 0 saturated heterocycles. The molecule has 1 atom stereocenters. The smallest absolute Gasteiger partial charge is 0.223 e. The molecular weight excluding hydrogens is 166 g/mol. The molecule has 0 aromatic rings. The Kier molecular flexibility index (Phi) is 4.22. The number of hydrogen-bond acceptors (Lipinski definition) is 2. The van der Waals surface area contributed by atoms with Gasteiger partial charge in [0, 0.05) is 5.92 Å². The summed E-state index contributed by atoms with van der Waals surface area (Å²) in [4.78, 5) is 11.6. The van der Waals surface area contributed by atoms with Gasteiger partial charge in [0.2, 0.25) is 5.91 Å². The van der Waals surface area contributed by atoms with Crippen LogP contribution >= 0.6 is 0 Å². The van der Waals surface area contributed by atoms with Gasteiger partial charge in [0.25, 0.3) is 0 Å². The Morgan fingerprint density at radius 1 is 1.54 bits per heavy atom. The highest BCUT2D eigenvalue weighted by atomic mass is 16.3. The molecule has 1 fully saturated rings. The minimum Gasteiger partial charge on any atom is -0.394 e. The number of carbonyl (C=O) groups is 1. The molecule has 1 rings (SSSR count). The van der Waals surface area contributed by atoms with Crippen LogP contribution in [0.5, 0.6) is 0 Å². The normalized spacial score (nSPS) is 20.2. The fraction of sp³-hybridized carbons (Fsp3) is 0.900. The summed E-state index contributed by atoms with van der Waals surface area (Å²) in [7, 11) is 0. The van der Waals surface area contributed by atoms with Gasteiger partial charge in [0.05, 0.1) is 12.6 Å². The van der Waals surface area contributed by atoms with E-state index >= 15 is 0 Å². The summed E-state index contributed by atoms with van der Waals surface area (Å²) in [6.07, 6.45) is 5.19. The Morgan fingerprint density at radius 3 is 2.62 bits per heavy atom. The predicted molar refractivity (Wildman–Crippen MR) is 51.3 cm³/mol. The van der Waals surface area contributed by atoms with Crippen molar-refractivity contribution in [1.82, 2.24) is 5.32 Å². The molecule has 0 spiro atoms. The van der Waals surface area contributed by atoms with Crippen LogP contribution in [-0.4, -0.2) is 23.7 Å². The highest BCUT2D eigenvalue weighted by Crippen LogP contribution is 2.24. The Hall–Kier alpha value is -0.570. The molecule has 1 aliphatic carbocycles. The molecule has 76 valence electrons. The van der Waals surface area contributed by atoms with Crippen LogP contribution in [-0.2, 0) is 4.79 Å². The molecule has 2 N–H and O–H groups in total. The number of hydrogen-bond donors (Lipinski definition) is 2. The second-order valence-corrected chi connectivity index (χ2v) is 3.78. The van der Waals surface area contributed by atoms with Gasteiger partial charge >= 0.3 is 0 Å². The van der Waals surface area contributed by atoms with Gasteiger partial charge in [-0.15, -0.1) is 0 Å². The van der Waals surface area contributed by atoms with Gasteiger partial charge in [-0.3, -0.25) is 4.79 Å². The Balaban J connectivity index is 2.30. The SMILES string of the molecule is CCC(CO)NC(=O)C1CCCC1. The van der Waals surface area contributed by atoms with Crippen molar-refractivity contribution in [2.75, 3.05) is 6.61 Å². The van der Waals surface area contributed by atoms with E-state index in [-0.39, 0.29) is 24.5 Å². The molecule has 0 aromatic carbocycles. The van der Waals surface area contributed by atoms with Gasteiger partial charge in [-0.1, -0.05) is 19.8 Å². The van der Waals surface area contributed by atoms with Crippen molar-refractivity contribution in [2.24, 2.45) is 5.92 Å². The van der Waals surface area contributed by atoms with Crippen LogP contribution < -0.4 is 5.32 Å². The van der Waals surface area contributed by atoms with Crippen molar-refractivity contribution in [3.05, 3.63) is 0 Å². The molecule has 0 aromatic heterocycles. The monoisotopic (exact) mass is 185 g/mol. The first-order valence-electron chi connectivity index (χ1n) is 5.19. The van der Waals surface area contributed by atoms with Gasteiger partial charge in [-0.2, -0.15) is 0 Å². The zero-order chi connectivity index (χ0) is 9.68. The minimum absolute atomic E-state index is 0.0481. The third-order valence-electron chi connectivity index (χ3n) is 2.79. The molecule has 13 heavy (non-hydrogen) atoms. The molecule has 0 bridgehead atoms. The number of aliphatic hydroxyl groups excluding tert-OH is 1. The molecule has 0 heterocycles. The van der Waals surface area contributed by atoms with E-state index in [4.69, 9.17) is 5.11 Å². The fourth-order valence-electron chi connectivity index (χ4n) is 1.78. The molecule has 3 heteroatoms. The van der Waals surface area contributed by atoms with Crippen molar-refractivity contribution in [3.63, 3.8) is 0 Å². The van der Waals surface area contributed by atoms with Gasteiger partial charge in [-0.05, 0) is 19.3 Å². The van der Waals surface area contributed by atoms with Gasteiger partial charge in [-0.25, -0.2) is 0 Å². The molecule has 3 nitrogen and oxygen atoms in total. The zero-order valence-electron chi connectivity index (χ0n) is 8.25. The van der Waals surface area contributed by atoms with Crippen LogP contribution in [0.3, 0.4) is 0 Å². The van der Waals surface area contributed by atoms with E-state index < -0.39 is 0 Å². The van der Waals surface area contributed by atoms with E-state index in [0.29, 0.717) is 0 Å². The average molecular weight is 185 g/mol. The summed E-state index contributed by atoms with van der Waals surface area (Å²) < 4.78 is 0. The van der Waals surface area contributed by atoms with Crippen LogP contribution in [0.4, 0.5) is 0 Å². The summed E-state index contributed by atoms with van der Waals surface area (Å²) in [6, 6.07) is -0.0481. The van der Waals surface area contributed by atoms with E-state index in [9.17, 15) is 4.79 Å². The standard InChI is InChI=1S/C10H19NO2/c1-2-9(7-12)11-10(13)8-5-3-4-6-8/h8-9,12H,2-7H2,1H3,(H,11,13). The van der Waals surface area contributed by atoms with Crippen LogP contribution in [0, 0.1) is 5.92 Å². The van der Waals surface area contributed by atoms with E-state index in [1.54, 1.807) is 0 Å². The Morgan fingerprint density at radius 2 is 2.15 bits per heavy atom. The summed E-state index contributed by atoms with van der Waals surface area (Å²) in [5.41, 5.74) is 0. The maximum absolute atomic E-state index is 11.6. The van der Waals surface area contributed by atoms with Gasteiger partial charge < -0.3 is 10.4 Å². The second kappa shape index (κ2) is 5.22. The van der Waals surface area contributed by atoms with E-state index in [0.717, 1.165) is 19.3 Å². The van der Waals surface area contributed by atoms with Crippen molar-refractivity contribution in [2.45, 2.75) is 45.1 Å². The van der Waals surface area contributed by atoms with Crippen molar-refractivity contribution in [1.29, 1.82) is 0 Å². The molecule has 1 amide bonds. The number of carbonyl (C=O) groups excluding carboxylic acids is 1. The fourth-order valence-corrected chi connectivity index (χ4v) is 1.78. The lowest BCUT2D eigenvalue weighted by molar-refractivity contribution is -0.125.